The number of aromatic nitrogens is 5. The van der Waals surface area contributed by atoms with E-state index in [-0.39, 0.29) is 12.2 Å². The third-order valence-corrected chi connectivity index (χ3v) is 4.60. The Hall–Kier alpha value is -3.33. The number of nitrogens with one attached hydrogen (secondary N) is 1. The van der Waals surface area contributed by atoms with Crippen molar-refractivity contribution in [3.63, 3.8) is 0 Å². The van der Waals surface area contributed by atoms with Gasteiger partial charge in [0.2, 0.25) is 10.9 Å². The lowest BCUT2D eigenvalue weighted by atomic mass is 10.2. The Bertz CT molecular complexity index is 1110. The topological polar surface area (TPSA) is 94.3 Å². The van der Waals surface area contributed by atoms with Crippen LogP contribution in [0.3, 0.4) is 0 Å². The minimum atomic E-state index is -0.494. The van der Waals surface area contributed by atoms with Crippen LogP contribution in [0.5, 0.6) is 0 Å². The fraction of sp³-hybridized carbons (Fsp3) is 0.167. The van der Waals surface area contributed by atoms with Gasteiger partial charge in [-0.2, -0.15) is 4.98 Å². The van der Waals surface area contributed by atoms with Crippen molar-refractivity contribution in [1.29, 1.82) is 0 Å². The van der Waals surface area contributed by atoms with E-state index in [1.807, 2.05) is 35.7 Å². The van der Waals surface area contributed by atoms with E-state index in [4.69, 9.17) is 4.74 Å². The van der Waals surface area contributed by atoms with Gasteiger partial charge in [0, 0.05) is 17.1 Å². The van der Waals surface area contributed by atoms with Crippen LogP contribution >= 0.6 is 11.3 Å². The quantitative estimate of drug-likeness (QED) is 0.530. The number of thiazole rings is 1. The van der Waals surface area contributed by atoms with Crippen LogP contribution in [0.25, 0.3) is 16.2 Å². The van der Waals surface area contributed by atoms with Gasteiger partial charge in [-0.3, -0.25) is 0 Å². The highest BCUT2D eigenvalue weighted by molar-refractivity contribution is 7.15. The molecule has 0 saturated carbocycles. The molecule has 0 radical (unpaired) electrons. The van der Waals surface area contributed by atoms with Gasteiger partial charge in [-0.25, -0.2) is 19.3 Å². The van der Waals surface area contributed by atoms with Crippen molar-refractivity contribution in [2.45, 2.75) is 13.8 Å². The average molecular weight is 380 g/mol. The van der Waals surface area contributed by atoms with Gasteiger partial charge in [0.25, 0.3) is 0 Å². The van der Waals surface area contributed by atoms with Crippen LogP contribution < -0.4 is 5.32 Å². The zero-order valence-electron chi connectivity index (χ0n) is 14.7. The Kier molecular flexibility index (Phi) is 4.51. The Labute approximate surface area is 158 Å². The van der Waals surface area contributed by atoms with Crippen molar-refractivity contribution in [3.05, 3.63) is 53.3 Å². The Morgan fingerprint density at radius 1 is 1.26 bits per heavy atom. The van der Waals surface area contributed by atoms with E-state index >= 15 is 0 Å². The molecule has 3 aromatic heterocycles. The van der Waals surface area contributed by atoms with Crippen LogP contribution in [-0.2, 0) is 4.74 Å². The van der Waals surface area contributed by atoms with Crippen molar-refractivity contribution >= 4 is 34.0 Å². The Morgan fingerprint density at radius 3 is 2.85 bits per heavy atom. The maximum atomic E-state index is 12.1. The first-order valence-corrected chi connectivity index (χ1v) is 9.21. The number of benzene rings is 1. The molecule has 1 N–H and O–H groups in total. The molecular weight excluding hydrogens is 364 g/mol. The second kappa shape index (κ2) is 7.12. The van der Waals surface area contributed by atoms with Crippen molar-refractivity contribution < 1.29 is 9.53 Å². The van der Waals surface area contributed by atoms with E-state index in [9.17, 15) is 4.79 Å². The van der Waals surface area contributed by atoms with E-state index in [1.165, 1.54) is 17.5 Å². The third kappa shape index (κ3) is 3.36. The van der Waals surface area contributed by atoms with E-state index in [2.05, 4.69) is 25.4 Å². The van der Waals surface area contributed by atoms with Crippen LogP contribution in [0.1, 0.15) is 23.1 Å². The standard InChI is InChI=1S/C18H16N6O2S/c1-3-26-16(25)13-9-19-11(2)20-15(13)21-17-22-18-24(23-17)14(10-27-18)12-7-5-4-6-8-12/h4-10H,3H2,1-2H3,(H,19,20,21,23). The molecule has 9 heteroatoms. The fourth-order valence-electron chi connectivity index (χ4n) is 2.57. The number of rotatable bonds is 5. The maximum Gasteiger partial charge on any atom is 0.343 e. The summed E-state index contributed by atoms with van der Waals surface area (Å²) in [4.78, 5) is 25.7. The van der Waals surface area contributed by atoms with E-state index in [0.717, 1.165) is 16.2 Å². The normalized spacial score (nSPS) is 10.9. The number of hydrogen-bond acceptors (Lipinski definition) is 8. The highest BCUT2D eigenvalue weighted by Gasteiger charge is 2.18. The number of carbonyl (C=O) groups excluding carboxylic acids is 1. The number of aryl methyl sites for hydroxylation is 1. The minimum Gasteiger partial charge on any atom is -0.462 e. The first-order chi connectivity index (χ1) is 13.2. The number of ether oxygens (including phenoxy) is 1. The number of fused-ring (bicyclic) bond motifs is 1. The summed E-state index contributed by atoms with van der Waals surface area (Å²) in [6.45, 7) is 3.76. The van der Waals surface area contributed by atoms with Crippen molar-refractivity contribution in [2.24, 2.45) is 0 Å². The van der Waals surface area contributed by atoms with Gasteiger partial charge < -0.3 is 10.1 Å². The van der Waals surface area contributed by atoms with Gasteiger partial charge in [0.05, 0.1) is 12.3 Å². The zero-order chi connectivity index (χ0) is 18.8. The number of anilines is 2. The maximum absolute atomic E-state index is 12.1. The van der Waals surface area contributed by atoms with Gasteiger partial charge in [-0.05, 0) is 13.8 Å². The second-order valence-corrected chi connectivity index (χ2v) is 6.48. The summed E-state index contributed by atoms with van der Waals surface area (Å²) < 4.78 is 6.83. The van der Waals surface area contributed by atoms with Crippen molar-refractivity contribution in [2.75, 3.05) is 11.9 Å². The molecule has 0 aliphatic heterocycles. The lowest BCUT2D eigenvalue weighted by molar-refractivity contribution is 0.0526. The number of esters is 1. The van der Waals surface area contributed by atoms with Crippen LogP contribution in [0, 0.1) is 6.92 Å². The molecule has 136 valence electrons. The predicted molar refractivity (Wildman–Crippen MR) is 102 cm³/mol. The average Bonchev–Trinajstić information content (AvgIpc) is 3.23. The molecule has 0 aliphatic rings. The lowest BCUT2D eigenvalue weighted by Gasteiger charge is -2.08. The zero-order valence-corrected chi connectivity index (χ0v) is 15.5. The summed E-state index contributed by atoms with van der Waals surface area (Å²) >= 11 is 1.49. The van der Waals surface area contributed by atoms with Gasteiger partial charge in [-0.1, -0.05) is 30.3 Å². The molecule has 3 heterocycles. The van der Waals surface area contributed by atoms with Crippen molar-refractivity contribution in [3.8, 4) is 11.3 Å². The fourth-order valence-corrected chi connectivity index (χ4v) is 3.40. The van der Waals surface area contributed by atoms with Crippen LogP contribution in [0.2, 0.25) is 0 Å². The Balaban J connectivity index is 1.70. The van der Waals surface area contributed by atoms with Gasteiger partial charge >= 0.3 is 5.97 Å². The summed E-state index contributed by atoms with van der Waals surface area (Å²) in [6, 6.07) is 9.95. The molecular formula is C18H16N6O2S. The first kappa shape index (κ1) is 17.1. The van der Waals surface area contributed by atoms with E-state index in [0.29, 0.717) is 17.6 Å². The molecule has 0 unspecified atom stereocenters. The molecule has 0 atom stereocenters. The smallest absolute Gasteiger partial charge is 0.343 e. The molecule has 0 saturated heterocycles. The first-order valence-electron chi connectivity index (χ1n) is 8.33. The molecule has 0 aliphatic carbocycles. The number of nitrogens with zero attached hydrogens (tertiary/aromatic N) is 5. The molecule has 8 nitrogen and oxygen atoms in total. The molecule has 0 amide bonds. The van der Waals surface area contributed by atoms with Crippen LogP contribution in [-0.4, -0.2) is 37.1 Å². The van der Waals surface area contributed by atoms with Gasteiger partial charge in [0.15, 0.2) is 5.82 Å². The van der Waals surface area contributed by atoms with E-state index in [1.54, 1.807) is 18.4 Å². The summed E-state index contributed by atoms with van der Waals surface area (Å²) in [6.07, 6.45) is 1.44. The Morgan fingerprint density at radius 2 is 2.07 bits per heavy atom. The molecule has 27 heavy (non-hydrogen) atoms. The second-order valence-electron chi connectivity index (χ2n) is 5.64. The summed E-state index contributed by atoms with van der Waals surface area (Å²) in [5.41, 5.74) is 2.23. The monoisotopic (exact) mass is 380 g/mol. The summed E-state index contributed by atoms with van der Waals surface area (Å²) in [5.74, 6) is 0.700. The molecule has 0 fully saturated rings. The molecule has 1 aromatic carbocycles. The number of carbonyl (C=O) groups is 1. The third-order valence-electron chi connectivity index (χ3n) is 3.79. The van der Waals surface area contributed by atoms with E-state index < -0.39 is 5.97 Å². The van der Waals surface area contributed by atoms with Gasteiger partial charge in [-0.15, -0.1) is 16.4 Å². The summed E-state index contributed by atoms with van der Waals surface area (Å²) in [5, 5.41) is 9.54. The minimum absolute atomic E-state index is 0.240. The molecule has 4 aromatic rings. The number of hydrogen-bond donors (Lipinski definition) is 1. The van der Waals surface area contributed by atoms with Crippen molar-refractivity contribution in [1.82, 2.24) is 24.6 Å². The molecule has 4 rings (SSSR count). The SMILES string of the molecule is CCOC(=O)c1cnc(C)nc1Nc1nc2scc(-c3ccccc3)n2n1. The molecule has 0 spiro atoms. The van der Waals surface area contributed by atoms with Gasteiger partial charge in [0.1, 0.15) is 11.4 Å². The highest BCUT2D eigenvalue weighted by Crippen LogP contribution is 2.26. The van der Waals surface area contributed by atoms with Crippen LogP contribution in [0.4, 0.5) is 11.8 Å². The van der Waals surface area contributed by atoms with Crippen LogP contribution in [0.15, 0.2) is 41.9 Å². The predicted octanol–water partition coefficient (Wildman–Crippen LogP) is 3.48. The molecule has 0 bridgehead atoms. The summed E-state index contributed by atoms with van der Waals surface area (Å²) in [7, 11) is 0. The lowest BCUT2D eigenvalue weighted by Crippen LogP contribution is -2.11. The highest BCUT2D eigenvalue weighted by atomic mass is 32.1. The largest absolute Gasteiger partial charge is 0.462 e.